The highest BCUT2D eigenvalue weighted by Gasteiger charge is 2.13. The first-order valence-electron chi connectivity index (χ1n) is 5.48. The summed E-state index contributed by atoms with van der Waals surface area (Å²) in [5.74, 6) is -0.292. The molecule has 0 aliphatic heterocycles. The number of carboxylic acid groups (broad SMARTS) is 1. The minimum atomic E-state index is -0.965. The van der Waals surface area contributed by atoms with Crippen LogP contribution in [0.25, 0.3) is 16.9 Å². The van der Waals surface area contributed by atoms with Gasteiger partial charge in [0.05, 0.1) is 11.1 Å². The molecule has 0 bridgehead atoms. The summed E-state index contributed by atoms with van der Waals surface area (Å²) in [6.07, 6.45) is 4.90. The van der Waals surface area contributed by atoms with Crippen LogP contribution in [0.5, 0.6) is 0 Å². The number of rotatable bonds is 2. The number of pyridine rings is 2. The minimum Gasteiger partial charge on any atom is -0.478 e. The molecule has 5 nitrogen and oxygen atoms in total. The highest BCUT2D eigenvalue weighted by atomic mass is 79.9. The van der Waals surface area contributed by atoms with Gasteiger partial charge in [0, 0.05) is 24.2 Å². The van der Waals surface area contributed by atoms with E-state index in [4.69, 9.17) is 5.11 Å². The van der Waals surface area contributed by atoms with Gasteiger partial charge in [0.15, 0.2) is 0 Å². The third-order valence-electron chi connectivity index (χ3n) is 2.78. The van der Waals surface area contributed by atoms with Crippen molar-refractivity contribution in [3.8, 4) is 11.4 Å². The van der Waals surface area contributed by atoms with Crippen LogP contribution in [0.3, 0.4) is 0 Å². The predicted octanol–water partition coefficient (Wildman–Crippen LogP) is 2.86. The Balaban J connectivity index is 2.30. The van der Waals surface area contributed by atoms with E-state index in [1.165, 1.54) is 0 Å². The number of carbonyl (C=O) groups is 1. The molecule has 1 N–H and O–H groups in total. The molecular formula is C13H8BrN3O2. The molecule has 3 aromatic heterocycles. The number of aromatic carboxylic acids is 1. The fourth-order valence-corrected chi connectivity index (χ4v) is 2.37. The van der Waals surface area contributed by atoms with Gasteiger partial charge in [0.1, 0.15) is 10.4 Å². The zero-order valence-electron chi connectivity index (χ0n) is 9.62. The molecule has 0 atom stereocenters. The monoisotopic (exact) mass is 317 g/mol. The van der Waals surface area contributed by atoms with Crippen LogP contribution in [0.2, 0.25) is 0 Å². The number of carboxylic acids is 1. The quantitative estimate of drug-likeness (QED) is 0.789. The molecular weight excluding hydrogens is 310 g/mol. The number of aromatic nitrogens is 3. The van der Waals surface area contributed by atoms with Crippen LogP contribution >= 0.6 is 15.9 Å². The Bertz CT molecular complexity index is 768. The Morgan fingerprint density at radius 3 is 2.63 bits per heavy atom. The van der Waals surface area contributed by atoms with E-state index in [0.29, 0.717) is 10.4 Å². The summed E-state index contributed by atoms with van der Waals surface area (Å²) in [5, 5.41) is 9.06. The van der Waals surface area contributed by atoms with E-state index in [-0.39, 0.29) is 5.56 Å². The number of hydrogen-bond donors (Lipinski definition) is 1. The first-order valence-corrected chi connectivity index (χ1v) is 6.27. The highest BCUT2D eigenvalue weighted by molar-refractivity contribution is 9.10. The molecule has 0 aliphatic rings. The SMILES string of the molecule is O=C(O)c1ccc2c(Br)nc(-c3ccncc3)n2c1. The van der Waals surface area contributed by atoms with E-state index < -0.39 is 5.97 Å². The summed E-state index contributed by atoms with van der Waals surface area (Å²) < 4.78 is 2.43. The molecule has 0 aliphatic carbocycles. The van der Waals surface area contributed by atoms with Gasteiger partial charge in [-0.1, -0.05) is 0 Å². The third kappa shape index (κ3) is 2.00. The Morgan fingerprint density at radius 1 is 1.21 bits per heavy atom. The summed E-state index contributed by atoms with van der Waals surface area (Å²) in [7, 11) is 0. The lowest BCUT2D eigenvalue weighted by molar-refractivity contribution is 0.0696. The molecule has 3 heterocycles. The normalized spacial score (nSPS) is 10.8. The molecule has 0 spiro atoms. The number of imidazole rings is 1. The fourth-order valence-electron chi connectivity index (χ4n) is 1.88. The standard InChI is InChI=1S/C13H8BrN3O2/c14-11-10-2-1-9(13(18)19)7-17(10)12(16-11)8-3-5-15-6-4-8/h1-7H,(H,18,19). The maximum absolute atomic E-state index is 11.0. The van der Waals surface area contributed by atoms with Gasteiger partial charge in [0.2, 0.25) is 0 Å². The Labute approximate surface area is 116 Å². The van der Waals surface area contributed by atoms with Gasteiger partial charge in [-0.3, -0.25) is 9.38 Å². The van der Waals surface area contributed by atoms with Gasteiger partial charge in [-0.15, -0.1) is 0 Å². The second-order valence-corrected chi connectivity index (χ2v) is 4.69. The molecule has 0 amide bonds. The van der Waals surface area contributed by atoms with Crippen molar-refractivity contribution in [3.63, 3.8) is 0 Å². The molecule has 0 fully saturated rings. The van der Waals surface area contributed by atoms with Crippen molar-refractivity contribution in [1.82, 2.24) is 14.4 Å². The number of halogens is 1. The van der Waals surface area contributed by atoms with Gasteiger partial charge in [-0.05, 0) is 40.2 Å². The van der Waals surface area contributed by atoms with Crippen molar-refractivity contribution in [2.45, 2.75) is 0 Å². The van der Waals surface area contributed by atoms with Crippen molar-refractivity contribution >= 4 is 27.4 Å². The Kier molecular flexibility index (Phi) is 2.79. The largest absolute Gasteiger partial charge is 0.478 e. The zero-order valence-corrected chi connectivity index (χ0v) is 11.2. The van der Waals surface area contributed by atoms with Crippen LogP contribution in [0.15, 0.2) is 47.5 Å². The number of hydrogen-bond acceptors (Lipinski definition) is 3. The summed E-state index contributed by atoms with van der Waals surface area (Å²) in [5.41, 5.74) is 1.91. The molecule has 3 aromatic rings. The molecule has 0 radical (unpaired) electrons. The molecule has 6 heteroatoms. The average molecular weight is 318 g/mol. The Hall–Kier alpha value is -2.21. The summed E-state index contributed by atoms with van der Waals surface area (Å²) in [6, 6.07) is 6.94. The second-order valence-electron chi connectivity index (χ2n) is 3.94. The van der Waals surface area contributed by atoms with Gasteiger partial charge in [-0.2, -0.15) is 0 Å². The molecule has 0 unspecified atom stereocenters. The summed E-state index contributed by atoms with van der Waals surface area (Å²) in [4.78, 5) is 19.4. The molecule has 19 heavy (non-hydrogen) atoms. The van der Waals surface area contributed by atoms with Gasteiger partial charge < -0.3 is 5.11 Å². The van der Waals surface area contributed by atoms with Crippen LogP contribution in [0.1, 0.15) is 10.4 Å². The highest BCUT2D eigenvalue weighted by Crippen LogP contribution is 2.26. The molecule has 3 rings (SSSR count). The summed E-state index contributed by atoms with van der Waals surface area (Å²) >= 11 is 3.38. The van der Waals surface area contributed by atoms with Crippen LogP contribution in [-0.4, -0.2) is 25.4 Å². The van der Waals surface area contributed by atoms with E-state index in [1.54, 1.807) is 35.1 Å². The lowest BCUT2D eigenvalue weighted by Crippen LogP contribution is -1.99. The van der Waals surface area contributed by atoms with Crippen molar-refractivity contribution in [2.24, 2.45) is 0 Å². The van der Waals surface area contributed by atoms with Gasteiger partial charge in [0.25, 0.3) is 0 Å². The number of fused-ring (bicyclic) bond motifs is 1. The van der Waals surface area contributed by atoms with Crippen molar-refractivity contribution < 1.29 is 9.90 Å². The first kappa shape index (κ1) is 11.9. The summed E-state index contributed by atoms with van der Waals surface area (Å²) in [6.45, 7) is 0. The second kappa shape index (κ2) is 4.47. The van der Waals surface area contributed by atoms with Crippen LogP contribution in [0.4, 0.5) is 0 Å². The van der Waals surface area contributed by atoms with E-state index in [9.17, 15) is 4.79 Å². The smallest absolute Gasteiger partial charge is 0.337 e. The van der Waals surface area contributed by atoms with Crippen LogP contribution in [0, 0.1) is 0 Å². The van der Waals surface area contributed by atoms with E-state index in [2.05, 4.69) is 25.9 Å². The van der Waals surface area contributed by atoms with E-state index >= 15 is 0 Å². The van der Waals surface area contributed by atoms with Gasteiger partial charge >= 0.3 is 5.97 Å². The van der Waals surface area contributed by atoms with E-state index in [0.717, 1.165) is 11.1 Å². The van der Waals surface area contributed by atoms with Crippen LogP contribution < -0.4 is 0 Å². The van der Waals surface area contributed by atoms with Crippen molar-refractivity contribution in [2.75, 3.05) is 0 Å². The molecule has 0 saturated heterocycles. The zero-order chi connectivity index (χ0) is 13.4. The van der Waals surface area contributed by atoms with Crippen molar-refractivity contribution in [3.05, 3.63) is 53.0 Å². The lowest BCUT2D eigenvalue weighted by Gasteiger charge is -2.02. The maximum atomic E-state index is 11.0. The predicted molar refractivity (Wildman–Crippen MR) is 73.1 cm³/mol. The third-order valence-corrected chi connectivity index (χ3v) is 3.36. The molecule has 0 saturated carbocycles. The lowest BCUT2D eigenvalue weighted by atomic mass is 10.2. The maximum Gasteiger partial charge on any atom is 0.337 e. The topological polar surface area (TPSA) is 67.5 Å². The molecule has 94 valence electrons. The number of nitrogens with zero attached hydrogens (tertiary/aromatic N) is 3. The molecule has 0 aromatic carbocycles. The van der Waals surface area contributed by atoms with E-state index in [1.807, 2.05) is 12.1 Å². The fraction of sp³-hybridized carbons (Fsp3) is 0. The van der Waals surface area contributed by atoms with Gasteiger partial charge in [-0.25, -0.2) is 9.78 Å². The first-order chi connectivity index (χ1) is 9.16. The van der Waals surface area contributed by atoms with Crippen molar-refractivity contribution in [1.29, 1.82) is 0 Å². The van der Waals surface area contributed by atoms with Crippen LogP contribution in [-0.2, 0) is 0 Å². The Morgan fingerprint density at radius 2 is 1.95 bits per heavy atom. The minimum absolute atomic E-state index is 0.215. The average Bonchev–Trinajstić information content (AvgIpc) is 2.77.